The Morgan fingerprint density at radius 1 is 1.53 bits per heavy atom. The minimum Gasteiger partial charge on any atom is -0.351 e. The van der Waals surface area contributed by atoms with Crippen LogP contribution in [0.2, 0.25) is 0 Å². The summed E-state index contributed by atoms with van der Waals surface area (Å²) in [7, 11) is 0. The molecule has 1 unspecified atom stereocenters. The molecule has 100 valence electrons. The van der Waals surface area contributed by atoms with Crippen molar-refractivity contribution in [1.29, 1.82) is 0 Å². The Morgan fingerprint density at radius 2 is 2.21 bits per heavy atom. The summed E-state index contributed by atoms with van der Waals surface area (Å²) in [6, 6.07) is 0.249. The van der Waals surface area contributed by atoms with Crippen LogP contribution in [0.1, 0.15) is 17.4 Å². The highest BCUT2D eigenvalue weighted by molar-refractivity contribution is 6.06. The second-order valence-corrected chi connectivity index (χ2v) is 4.05. The van der Waals surface area contributed by atoms with Gasteiger partial charge in [-0.15, -0.1) is 0 Å². The summed E-state index contributed by atoms with van der Waals surface area (Å²) >= 11 is 0. The Labute approximate surface area is 106 Å². The molecule has 0 aromatic carbocycles. The van der Waals surface area contributed by atoms with Gasteiger partial charge in [-0.3, -0.25) is 29.8 Å². The minimum absolute atomic E-state index is 0.0407. The molecule has 1 aliphatic heterocycles. The van der Waals surface area contributed by atoms with Gasteiger partial charge in [0, 0.05) is 6.07 Å². The number of hydrogen-bond donors (Lipinski definition) is 2. The van der Waals surface area contributed by atoms with Crippen molar-refractivity contribution < 1.29 is 19.3 Å². The second-order valence-electron chi connectivity index (χ2n) is 4.05. The summed E-state index contributed by atoms with van der Waals surface area (Å²) in [4.78, 5) is 48.1. The predicted octanol–water partition coefficient (Wildman–Crippen LogP) is -0.590. The SMILES string of the molecule is CC1C(=O)NC(=O)CN1C(=O)c1cc([N+](=O)[O-])c[nH]1. The Hall–Kier alpha value is -2.71. The van der Waals surface area contributed by atoms with Gasteiger partial charge < -0.3 is 9.88 Å². The zero-order valence-corrected chi connectivity index (χ0v) is 9.87. The average molecular weight is 266 g/mol. The molecule has 2 heterocycles. The van der Waals surface area contributed by atoms with E-state index in [9.17, 15) is 24.5 Å². The van der Waals surface area contributed by atoms with Crippen LogP contribution in [0.3, 0.4) is 0 Å². The summed E-state index contributed by atoms with van der Waals surface area (Å²) in [6.07, 6.45) is 1.07. The van der Waals surface area contributed by atoms with Gasteiger partial charge in [-0.2, -0.15) is 0 Å². The molecule has 2 N–H and O–H groups in total. The van der Waals surface area contributed by atoms with Crippen LogP contribution in [-0.2, 0) is 9.59 Å². The van der Waals surface area contributed by atoms with E-state index in [1.165, 1.54) is 6.92 Å². The van der Waals surface area contributed by atoms with Crippen molar-refractivity contribution in [1.82, 2.24) is 15.2 Å². The van der Waals surface area contributed by atoms with Crippen molar-refractivity contribution in [2.45, 2.75) is 13.0 Å². The average Bonchev–Trinajstić information content (AvgIpc) is 2.82. The first kappa shape index (κ1) is 12.7. The van der Waals surface area contributed by atoms with Gasteiger partial charge in [0.2, 0.25) is 11.8 Å². The molecule has 0 saturated carbocycles. The molecule has 19 heavy (non-hydrogen) atoms. The maximum atomic E-state index is 12.1. The Morgan fingerprint density at radius 3 is 2.79 bits per heavy atom. The number of carbonyl (C=O) groups is 3. The molecule has 1 atom stereocenters. The van der Waals surface area contributed by atoms with Crippen molar-refractivity contribution in [2.24, 2.45) is 0 Å². The Kier molecular flexibility index (Phi) is 3.03. The van der Waals surface area contributed by atoms with E-state index >= 15 is 0 Å². The van der Waals surface area contributed by atoms with Crippen molar-refractivity contribution in [3.05, 3.63) is 28.1 Å². The summed E-state index contributed by atoms with van der Waals surface area (Å²) < 4.78 is 0. The Balaban J connectivity index is 2.24. The van der Waals surface area contributed by atoms with Crippen LogP contribution in [0, 0.1) is 10.1 Å². The molecule has 0 bridgehead atoms. The first-order valence-corrected chi connectivity index (χ1v) is 5.37. The number of rotatable bonds is 2. The van der Waals surface area contributed by atoms with Crippen molar-refractivity contribution in [2.75, 3.05) is 6.54 Å². The molecule has 1 aliphatic rings. The molecule has 1 saturated heterocycles. The normalized spacial score (nSPS) is 19.2. The monoisotopic (exact) mass is 266 g/mol. The minimum atomic E-state index is -0.812. The number of aromatic amines is 1. The highest BCUT2D eigenvalue weighted by Crippen LogP contribution is 2.16. The third kappa shape index (κ3) is 2.30. The van der Waals surface area contributed by atoms with E-state index in [0.29, 0.717) is 0 Å². The molecule has 0 radical (unpaired) electrons. The van der Waals surface area contributed by atoms with Gasteiger partial charge in [0.05, 0.1) is 11.1 Å². The topological polar surface area (TPSA) is 125 Å². The first-order valence-electron chi connectivity index (χ1n) is 5.37. The van der Waals surface area contributed by atoms with Gasteiger partial charge in [0.15, 0.2) is 0 Å². The lowest BCUT2D eigenvalue weighted by atomic mass is 10.2. The highest BCUT2D eigenvalue weighted by atomic mass is 16.6. The molecule has 9 heteroatoms. The fraction of sp³-hybridized carbons (Fsp3) is 0.300. The van der Waals surface area contributed by atoms with Crippen LogP contribution in [-0.4, -0.2) is 45.1 Å². The summed E-state index contributed by atoms with van der Waals surface area (Å²) in [5.74, 6) is -1.80. The first-order chi connectivity index (χ1) is 8.90. The molecule has 9 nitrogen and oxygen atoms in total. The molecule has 0 spiro atoms. The quantitative estimate of drug-likeness (QED) is 0.420. The summed E-state index contributed by atoms with van der Waals surface area (Å²) in [5, 5.41) is 12.6. The number of nitrogens with one attached hydrogen (secondary N) is 2. The standard InChI is InChI=1S/C10H10N4O5/c1-5-9(16)12-8(15)4-13(5)10(17)7-2-6(3-11-7)14(18)19/h2-3,5,11H,4H2,1H3,(H,12,15,16). The molecular formula is C10H10N4O5. The Bertz CT molecular complexity index is 578. The lowest BCUT2D eigenvalue weighted by Crippen LogP contribution is -2.58. The van der Waals surface area contributed by atoms with E-state index < -0.39 is 28.7 Å². The van der Waals surface area contributed by atoms with Crippen molar-refractivity contribution in [3.63, 3.8) is 0 Å². The molecule has 2 rings (SSSR count). The van der Waals surface area contributed by atoms with E-state index in [1.807, 2.05) is 0 Å². The third-order valence-corrected chi connectivity index (χ3v) is 2.79. The number of nitro groups is 1. The fourth-order valence-electron chi connectivity index (χ4n) is 1.73. The van der Waals surface area contributed by atoms with Gasteiger partial charge >= 0.3 is 0 Å². The molecule has 1 aromatic rings. The summed E-state index contributed by atoms with van der Waals surface area (Å²) in [5.41, 5.74) is -0.301. The predicted molar refractivity (Wildman–Crippen MR) is 61.1 cm³/mol. The summed E-state index contributed by atoms with van der Waals surface area (Å²) in [6.45, 7) is 1.20. The third-order valence-electron chi connectivity index (χ3n) is 2.79. The maximum Gasteiger partial charge on any atom is 0.287 e. The fourth-order valence-corrected chi connectivity index (χ4v) is 1.73. The lowest BCUT2D eigenvalue weighted by molar-refractivity contribution is -0.384. The number of H-pyrrole nitrogens is 1. The van der Waals surface area contributed by atoms with Crippen LogP contribution in [0.4, 0.5) is 5.69 Å². The van der Waals surface area contributed by atoms with Crippen LogP contribution in [0.5, 0.6) is 0 Å². The second kappa shape index (κ2) is 4.52. The van der Waals surface area contributed by atoms with Crippen molar-refractivity contribution >= 4 is 23.4 Å². The van der Waals surface area contributed by atoms with E-state index in [-0.39, 0.29) is 17.9 Å². The molecule has 1 fully saturated rings. The zero-order chi connectivity index (χ0) is 14.2. The van der Waals surface area contributed by atoms with E-state index in [4.69, 9.17) is 0 Å². The lowest BCUT2D eigenvalue weighted by Gasteiger charge is -2.31. The van der Waals surface area contributed by atoms with Gasteiger partial charge in [0.25, 0.3) is 11.6 Å². The molecule has 3 amide bonds. The number of nitrogens with zero attached hydrogens (tertiary/aromatic N) is 2. The number of piperazine rings is 1. The highest BCUT2D eigenvalue weighted by Gasteiger charge is 2.34. The van der Waals surface area contributed by atoms with Gasteiger partial charge in [-0.1, -0.05) is 0 Å². The molecular weight excluding hydrogens is 256 g/mol. The smallest absolute Gasteiger partial charge is 0.287 e. The number of hydrogen-bond acceptors (Lipinski definition) is 5. The number of amides is 3. The largest absolute Gasteiger partial charge is 0.351 e. The van der Waals surface area contributed by atoms with Gasteiger partial charge in [0.1, 0.15) is 18.3 Å². The van der Waals surface area contributed by atoms with E-state index in [1.54, 1.807) is 0 Å². The van der Waals surface area contributed by atoms with Crippen molar-refractivity contribution in [3.8, 4) is 0 Å². The zero-order valence-electron chi connectivity index (χ0n) is 9.87. The van der Waals surface area contributed by atoms with Gasteiger partial charge in [-0.05, 0) is 6.92 Å². The van der Waals surface area contributed by atoms with Crippen LogP contribution < -0.4 is 5.32 Å². The van der Waals surface area contributed by atoms with Gasteiger partial charge in [-0.25, -0.2) is 0 Å². The number of aromatic nitrogens is 1. The number of carbonyl (C=O) groups excluding carboxylic acids is 3. The van der Waals surface area contributed by atoms with Crippen LogP contribution in [0.25, 0.3) is 0 Å². The molecule has 1 aromatic heterocycles. The van der Waals surface area contributed by atoms with Crippen LogP contribution >= 0.6 is 0 Å². The maximum absolute atomic E-state index is 12.1. The van der Waals surface area contributed by atoms with E-state index in [2.05, 4.69) is 10.3 Å². The van der Waals surface area contributed by atoms with Crippen LogP contribution in [0.15, 0.2) is 12.3 Å². The molecule has 0 aliphatic carbocycles. The van der Waals surface area contributed by atoms with E-state index in [0.717, 1.165) is 17.2 Å². The number of imide groups is 1.